The van der Waals surface area contributed by atoms with Crippen molar-refractivity contribution in [2.24, 2.45) is 0 Å². The maximum Gasteiger partial charge on any atom is 0.277 e. The molecule has 0 saturated carbocycles. The van der Waals surface area contributed by atoms with E-state index in [-0.39, 0.29) is 11.2 Å². The summed E-state index contributed by atoms with van der Waals surface area (Å²) in [6, 6.07) is 14.2. The molecule has 1 aliphatic rings. The van der Waals surface area contributed by atoms with Crippen molar-refractivity contribution in [3.63, 3.8) is 0 Å². The van der Waals surface area contributed by atoms with E-state index in [0.717, 1.165) is 35.3 Å². The van der Waals surface area contributed by atoms with Crippen molar-refractivity contribution >= 4 is 23.4 Å². The van der Waals surface area contributed by atoms with Crippen LogP contribution in [0.2, 0.25) is 0 Å². The number of hydrogen-bond donors (Lipinski definition) is 0. The molecule has 3 aromatic rings. The smallest absolute Gasteiger partial charge is 0.277 e. The summed E-state index contributed by atoms with van der Waals surface area (Å²) in [6.07, 6.45) is 0.900. The average Bonchev–Trinajstić information content (AvgIpc) is 3.27. The molecule has 0 aliphatic carbocycles. The number of thioether (sulfide) groups is 1. The highest BCUT2D eigenvalue weighted by atomic mass is 32.2. The van der Waals surface area contributed by atoms with Crippen molar-refractivity contribution in [2.45, 2.75) is 37.7 Å². The summed E-state index contributed by atoms with van der Waals surface area (Å²) < 4.78 is 5.80. The Hall–Kier alpha value is -2.60. The number of fused-ring (bicyclic) bond motifs is 1. The van der Waals surface area contributed by atoms with E-state index in [1.165, 1.54) is 17.3 Å². The van der Waals surface area contributed by atoms with Gasteiger partial charge in [-0.1, -0.05) is 47.2 Å². The standard InChI is InChI=1S/C21H21N3O2S/c1-13-10-14(2)12-17(11-13)19-22-23-21(26-19)27-15(3)20(25)24-9-8-16-6-4-5-7-18(16)24/h4-7,10-12,15H,8-9H2,1-3H3. The van der Waals surface area contributed by atoms with Gasteiger partial charge in [0.05, 0.1) is 5.25 Å². The van der Waals surface area contributed by atoms with Crippen LogP contribution in [-0.2, 0) is 11.2 Å². The molecule has 0 fully saturated rings. The number of para-hydroxylation sites is 1. The quantitative estimate of drug-likeness (QED) is 0.628. The second kappa shape index (κ2) is 7.19. The third-order valence-electron chi connectivity index (χ3n) is 4.65. The minimum absolute atomic E-state index is 0.0658. The summed E-state index contributed by atoms with van der Waals surface area (Å²) in [5.74, 6) is 0.548. The van der Waals surface area contributed by atoms with Crippen LogP contribution >= 0.6 is 11.8 Å². The molecular weight excluding hydrogens is 358 g/mol. The van der Waals surface area contributed by atoms with Gasteiger partial charge in [0.15, 0.2) is 0 Å². The first-order valence-corrected chi connectivity index (χ1v) is 9.87. The number of carbonyl (C=O) groups is 1. The van der Waals surface area contributed by atoms with Gasteiger partial charge in [-0.25, -0.2) is 0 Å². The van der Waals surface area contributed by atoms with Crippen LogP contribution in [0.25, 0.3) is 11.5 Å². The molecule has 1 amide bonds. The van der Waals surface area contributed by atoms with E-state index in [1.54, 1.807) is 0 Å². The fraction of sp³-hybridized carbons (Fsp3) is 0.286. The highest BCUT2D eigenvalue weighted by Crippen LogP contribution is 2.32. The summed E-state index contributed by atoms with van der Waals surface area (Å²) in [5.41, 5.74) is 5.43. The van der Waals surface area contributed by atoms with E-state index in [4.69, 9.17) is 4.42 Å². The topological polar surface area (TPSA) is 59.2 Å². The average molecular weight is 379 g/mol. The van der Waals surface area contributed by atoms with Gasteiger partial charge >= 0.3 is 0 Å². The first-order chi connectivity index (χ1) is 13.0. The molecule has 138 valence electrons. The first kappa shape index (κ1) is 17.8. The van der Waals surface area contributed by atoms with Gasteiger partial charge < -0.3 is 9.32 Å². The number of benzene rings is 2. The Balaban J connectivity index is 1.48. The zero-order valence-corrected chi connectivity index (χ0v) is 16.4. The Morgan fingerprint density at radius 3 is 2.67 bits per heavy atom. The van der Waals surface area contributed by atoms with Crippen LogP contribution in [0.4, 0.5) is 5.69 Å². The second-order valence-electron chi connectivity index (χ2n) is 6.88. The molecular formula is C21H21N3O2S. The molecule has 0 N–H and O–H groups in total. The molecule has 2 heterocycles. The van der Waals surface area contributed by atoms with Crippen molar-refractivity contribution in [3.8, 4) is 11.5 Å². The molecule has 4 rings (SSSR count). The molecule has 5 nitrogen and oxygen atoms in total. The Kier molecular flexibility index (Phi) is 4.74. The largest absolute Gasteiger partial charge is 0.411 e. The SMILES string of the molecule is Cc1cc(C)cc(-c2nnc(SC(C)C(=O)N3CCc4ccccc43)o2)c1. The molecule has 0 radical (unpaired) electrons. The summed E-state index contributed by atoms with van der Waals surface area (Å²) >= 11 is 1.31. The molecule has 1 atom stereocenters. The molecule has 0 bridgehead atoms. The van der Waals surface area contributed by atoms with Gasteiger partial charge in [-0.05, 0) is 51.0 Å². The third-order valence-corrected chi connectivity index (χ3v) is 5.58. The summed E-state index contributed by atoms with van der Waals surface area (Å²) in [5, 5.41) is 8.39. The molecule has 1 aromatic heterocycles. The van der Waals surface area contributed by atoms with Gasteiger partial charge in [-0.2, -0.15) is 0 Å². The first-order valence-electron chi connectivity index (χ1n) is 8.99. The number of carbonyl (C=O) groups excluding carboxylic acids is 1. The van der Waals surface area contributed by atoms with Crippen molar-refractivity contribution in [1.82, 2.24) is 10.2 Å². The lowest BCUT2D eigenvalue weighted by molar-refractivity contribution is -0.117. The van der Waals surface area contributed by atoms with E-state index in [2.05, 4.69) is 22.3 Å². The van der Waals surface area contributed by atoms with Gasteiger partial charge in [0.1, 0.15) is 0 Å². The van der Waals surface area contributed by atoms with Crippen LogP contribution in [0, 0.1) is 13.8 Å². The van der Waals surface area contributed by atoms with Crippen LogP contribution < -0.4 is 4.90 Å². The number of nitrogens with zero attached hydrogens (tertiary/aromatic N) is 3. The molecule has 0 saturated heterocycles. The summed E-state index contributed by atoms with van der Waals surface area (Å²) in [6.45, 7) is 6.68. The number of rotatable bonds is 4. The van der Waals surface area contributed by atoms with Gasteiger partial charge in [0.25, 0.3) is 5.22 Å². The Bertz CT molecular complexity index is 978. The lowest BCUT2D eigenvalue weighted by atomic mass is 10.1. The molecule has 1 aliphatic heterocycles. The van der Waals surface area contributed by atoms with Crippen molar-refractivity contribution in [3.05, 3.63) is 59.2 Å². The van der Waals surface area contributed by atoms with Gasteiger partial charge in [-0.3, -0.25) is 4.79 Å². The van der Waals surface area contributed by atoms with E-state index >= 15 is 0 Å². The third kappa shape index (κ3) is 3.62. The maximum atomic E-state index is 12.9. The Labute approximate surface area is 162 Å². The normalized spacial score (nSPS) is 14.3. The van der Waals surface area contributed by atoms with Gasteiger partial charge in [0, 0.05) is 17.8 Å². The summed E-state index contributed by atoms with van der Waals surface area (Å²) in [7, 11) is 0. The van der Waals surface area contributed by atoms with Crippen LogP contribution in [0.15, 0.2) is 52.1 Å². The molecule has 27 heavy (non-hydrogen) atoms. The zero-order chi connectivity index (χ0) is 19.0. The van der Waals surface area contributed by atoms with Crippen LogP contribution in [0.1, 0.15) is 23.6 Å². The molecule has 6 heteroatoms. The maximum absolute atomic E-state index is 12.9. The Morgan fingerprint density at radius 1 is 1.15 bits per heavy atom. The number of aromatic nitrogens is 2. The van der Waals surface area contributed by atoms with E-state index in [9.17, 15) is 4.79 Å². The van der Waals surface area contributed by atoms with E-state index < -0.39 is 0 Å². The number of amides is 1. The van der Waals surface area contributed by atoms with E-state index in [0.29, 0.717) is 11.1 Å². The van der Waals surface area contributed by atoms with Crippen LogP contribution in [-0.4, -0.2) is 27.9 Å². The highest BCUT2D eigenvalue weighted by Gasteiger charge is 2.29. The second-order valence-corrected chi connectivity index (χ2v) is 8.17. The van der Waals surface area contributed by atoms with Crippen LogP contribution in [0.5, 0.6) is 0 Å². The number of hydrogen-bond acceptors (Lipinski definition) is 5. The zero-order valence-electron chi connectivity index (χ0n) is 15.6. The van der Waals surface area contributed by atoms with Gasteiger partial charge in [0.2, 0.25) is 11.8 Å². The van der Waals surface area contributed by atoms with Crippen LogP contribution in [0.3, 0.4) is 0 Å². The predicted molar refractivity (Wildman–Crippen MR) is 107 cm³/mol. The lowest BCUT2D eigenvalue weighted by Crippen LogP contribution is -2.35. The van der Waals surface area contributed by atoms with Gasteiger partial charge in [-0.15, -0.1) is 10.2 Å². The van der Waals surface area contributed by atoms with E-state index in [1.807, 2.05) is 56.0 Å². The summed E-state index contributed by atoms with van der Waals surface area (Å²) in [4.78, 5) is 14.7. The van der Waals surface area contributed by atoms with Crippen molar-refractivity contribution in [2.75, 3.05) is 11.4 Å². The van der Waals surface area contributed by atoms with Crippen molar-refractivity contribution in [1.29, 1.82) is 0 Å². The minimum atomic E-state index is -0.302. The van der Waals surface area contributed by atoms with Crippen molar-refractivity contribution < 1.29 is 9.21 Å². The molecule has 1 unspecified atom stereocenters. The highest BCUT2D eigenvalue weighted by molar-refractivity contribution is 8.00. The number of anilines is 1. The molecule has 0 spiro atoms. The number of aryl methyl sites for hydroxylation is 2. The fourth-order valence-corrected chi connectivity index (χ4v) is 4.21. The lowest BCUT2D eigenvalue weighted by Gasteiger charge is -2.20. The minimum Gasteiger partial charge on any atom is -0.411 e. The predicted octanol–water partition coefficient (Wildman–Crippen LogP) is 4.42. The Morgan fingerprint density at radius 2 is 1.89 bits per heavy atom. The molecule has 2 aromatic carbocycles. The monoisotopic (exact) mass is 379 g/mol. The fourth-order valence-electron chi connectivity index (χ4n) is 3.46.